The summed E-state index contributed by atoms with van der Waals surface area (Å²) in [7, 11) is 3.71. The van der Waals surface area contributed by atoms with E-state index >= 15 is 0 Å². The molecule has 0 atom stereocenters. The van der Waals surface area contributed by atoms with Crippen LogP contribution in [0, 0.1) is 6.92 Å². The fourth-order valence-electron chi connectivity index (χ4n) is 3.98. The molecule has 1 aromatic carbocycles. The topological polar surface area (TPSA) is 79.4 Å². The van der Waals surface area contributed by atoms with E-state index < -0.39 is 0 Å². The molecule has 1 amide bonds. The molecule has 2 aliphatic rings. The van der Waals surface area contributed by atoms with Gasteiger partial charge in [0.2, 0.25) is 0 Å². The third-order valence-corrected chi connectivity index (χ3v) is 5.43. The van der Waals surface area contributed by atoms with Crippen molar-refractivity contribution in [3.8, 4) is 5.75 Å². The number of carbonyl (C=O) groups is 1. The predicted octanol–water partition coefficient (Wildman–Crippen LogP) is 2.20. The first kappa shape index (κ1) is 16.8. The number of piperidine rings is 1. The number of aromatic nitrogens is 2. The average molecular weight is 353 g/mol. The predicted molar refractivity (Wildman–Crippen MR) is 98.9 cm³/mol. The van der Waals surface area contributed by atoms with Gasteiger partial charge in [-0.1, -0.05) is 0 Å². The quantitative estimate of drug-likeness (QED) is 0.881. The van der Waals surface area contributed by atoms with Crippen LogP contribution in [-0.2, 0) is 5.54 Å². The molecular formula is C19H23N5O2. The number of benzene rings is 1. The number of hydrogen-bond acceptors (Lipinski definition) is 6. The molecule has 136 valence electrons. The molecule has 0 unspecified atom stereocenters. The van der Waals surface area contributed by atoms with E-state index in [2.05, 4.69) is 38.6 Å². The molecule has 2 aromatic rings. The van der Waals surface area contributed by atoms with Crippen molar-refractivity contribution in [3.63, 3.8) is 0 Å². The minimum atomic E-state index is -0.267. The molecule has 0 aliphatic carbocycles. The van der Waals surface area contributed by atoms with Gasteiger partial charge in [-0.2, -0.15) is 0 Å². The summed E-state index contributed by atoms with van der Waals surface area (Å²) >= 11 is 0. The Bertz CT molecular complexity index is 859. The molecule has 7 nitrogen and oxygen atoms in total. The number of likely N-dealkylation sites (tertiary alicyclic amines) is 1. The van der Waals surface area contributed by atoms with Crippen molar-refractivity contribution in [3.05, 3.63) is 41.3 Å². The van der Waals surface area contributed by atoms with Gasteiger partial charge in [0.05, 0.1) is 18.8 Å². The number of amides is 1. The van der Waals surface area contributed by atoms with Crippen LogP contribution in [0.1, 0.15) is 34.3 Å². The van der Waals surface area contributed by atoms with E-state index in [0.29, 0.717) is 11.6 Å². The number of fused-ring (bicyclic) bond motifs is 2. The zero-order valence-corrected chi connectivity index (χ0v) is 15.3. The van der Waals surface area contributed by atoms with Gasteiger partial charge in [0, 0.05) is 24.3 Å². The maximum Gasteiger partial charge on any atom is 0.252 e. The summed E-state index contributed by atoms with van der Waals surface area (Å²) in [6.45, 7) is 3.92. The van der Waals surface area contributed by atoms with Crippen LogP contribution in [0.2, 0.25) is 0 Å². The number of methoxy groups -OCH3 is 1. The SMILES string of the molecule is COc1cncnc1Nc1cc(C)c2c(c1)C1(CCN(C)CC1)NC2=O. The van der Waals surface area contributed by atoms with E-state index in [-0.39, 0.29) is 11.4 Å². The molecule has 1 spiro atoms. The molecule has 0 saturated carbocycles. The zero-order valence-electron chi connectivity index (χ0n) is 15.3. The second-order valence-electron chi connectivity index (χ2n) is 7.12. The molecule has 4 rings (SSSR count). The number of anilines is 2. The van der Waals surface area contributed by atoms with Crippen molar-refractivity contribution in [2.45, 2.75) is 25.3 Å². The number of carbonyl (C=O) groups excluding carboxylic acids is 1. The molecule has 0 radical (unpaired) electrons. The molecule has 26 heavy (non-hydrogen) atoms. The smallest absolute Gasteiger partial charge is 0.252 e. The van der Waals surface area contributed by atoms with Crippen LogP contribution >= 0.6 is 0 Å². The summed E-state index contributed by atoms with van der Waals surface area (Å²) in [6.07, 6.45) is 4.94. The second-order valence-corrected chi connectivity index (χ2v) is 7.12. The molecule has 1 aromatic heterocycles. The van der Waals surface area contributed by atoms with Crippen molar-refractivity contribution in [1.29, 1.82) is 0 Å². The van der Waals surface area contributed by atoms with E-state index in [9.17, 15) is 4.79 Å². The Hall–Kier alpha value is -2.67. The fraction of sp³-hybridized carbons (Fsp3) is 0.421. The lowest BCUT2D eigenvalue weighted by Crippen LogP contribution is -2.48. The van der Waals surface area contributed by atoms with Crippen molar-refractivity contribution in [2.75, 3.05) is 32.6 Å². The Morgan fingerprint density at radius 3 is 2.81 bits per heavy atom. The fourth-order valence-corrected chi connectivity index (χ4v) is 3.98. The van der Waals surface area contributed by atoms with Crippen molar-refractivity contribution in [2.24, 2.45) is 0 Å². The Balaban J connectivity index is 1.74. The standard InChI is InChI=1S/C19H23N5O2/c1-12-8-13(22-17-15(26-3)10-20-11-21-17)9-14-16(12)18(25)23-19(14)4-6-24(2)7-5-19/h8-11H,4-7H2,1-3H3,(H,23,25)(H,20,21,22). The highest BCUT2D eigenvalue weighted by atomic mass is 16.5. The summed E-state index contributed by atoms with van der Waals surface area (Å²) in [4.78, 5) is 23.2. The molecule has 7 heteroatoms. The first-order chi connectivity index (χ1) is 12.5. The molecule has 0 bridgehead atoms. The lowest BCUT2D eigenvalue weighted by Gasteiger charge is -2.38. The van der Waals surface area contributed by atoms with Crippen LogP contribution in [0.4, 0.5) is 11.5 Å². The highest BCUT2D eigenvalue weighted by Crippen LogP contribution is 2.42. The molecule has 2 aliphatic heterocycles. The Morgan fingerprint density at radius 1 is 1.31 bits per heavy atom. The molecule has 1 fully saturated rings. The number of hydrogen-bond donors (Lipinski definition) is 2. The van der Waals surface area contributed by atoms with Gasteiger partial charge in [-0.25, -0.2) is 9.97 Å². The summed E-state index contributed by atoms with van der Waals surface area (Å²) in [5.41, 5.74) is 3.50. The minimum absolute atomic E-state index is 0.0354. The van der Waals surface area contributed by atoms with Crippen molar-refractivity contribution < 1.29 is 9.53 Å². The number of nitrogens with zero attached hydrogens (tertiary/aromatic N) is 3. The van der Waals surface area contributed by atoms with Gasteiger partial charge in [0.1, 0.15) is 6.33 Å². The van der Waals surface area contributed by atoms with Crippen LogP contribution in [0.3, 0.4) is 0 Å². The number of ether oxygens (including phenoxy) is 1. The third-order valence-electron chi connectivity index (χ3n) is 5.43. The Kier molecular flexibility index (Phi) is 4.03. The second kappa shape index (κ2) is 6.25. The van der Waals surface area contributed by atoms with Crippen LogP contribution in [-0.4, -0.2) is 48.0 Å². The van der Waals surface area contributed by atoms with Gasteiger partial charge in [0.25, 0.3) is 5.91 Å². The summed E-state index contributed by atoms with van der Waals surface area (Å²) in [6, 6.07) is 4.06. The first-order valence-corrected chi connectivity index (χ1v) is 8.79. The van der Waals surface area contributed by atoms with Gasteiger partial charge >= 0.3 is 0 Å². The van der Waals surface area contributed by atoms with E-state index in [0.717, 1.165) is 48.3 Å². The van der Waals surface area contributed by atoms with Gasteiger partial charge in [0.15, 0.2) is 11.6 Å². The highest BCUT2D eigenvalue weighted by molar-refractivity contribution is 6.02. The number of nitrogens with one attached hydrogen (secondary N) is 2. The zero-order chi connectivity index (χ0) is 18.3. The maximum absolute atomic E-state index is 12.6. The summed E-state index contributed by atoms with van der Waals surface area (Å²) < 4.78 is 5.32. The number of rotatable bonds is 3. The Morgan fingerprint density at radius 2 is 2.08 bits per heavy atom. The third kappa shape index (κ3) is 2.68. The average Bonchev–Trinajstić information content (AvgIpc) is 2.90. The van der Waals surface area contributed by atoms with Crippen LogP contribution in [0.5, 0.6) is 5.75 Å². The molecular weight excluding hydrogens is 330 g/mol. The van der Waals surface area contributed by atoms with Crippen LogP contribution in [0.25, 0.3) is 0 Å². The van der Waals surface area contributed by atoms with Crippen LogP contribution < -0.4 is 15.4 Å². The number of aryl methyl sites for hydroxylation is 1. The largest absolute Gasteiger partial charge is 0.491 e. The minimum Gasteiger partial charge on any atom is -0.491 e. The van der Waals surface area contributed by atoms with Gasteiger partial charge in [-0.05, 0) is 50.1 Å². The van der Waals surface area contributed by atoms with Crippen molar-refractivity contribution in [1.82, 2.24) is 20.2 Å². The van der Waals surface area contributed by atoms with Crippen LogP contribution in [0.15, 0.2) is 24.7 Å². The lowest BCUT2D eigenvalue weighted by atomic mass is 9.81. The van der Waals surface area contributed by atoms with E-state index in [1.807, 2.05) is 13.0 Å². The van der Waals surface area contributed by atoms with Gasteiger partial charge < -0.3 is 20.3 Å². The maximum atomic E-state index is 12.6. The normalized spacial score (nSPS) is 18.5. The molecule has 2 N–H and O–H groups in total. The summed E-state index contributed by atoms with van der Waals surface area (Å²) in [5.74, 6) is 1.22. The van der Waals surface area contributed by atoms with E-state index in [1.54, 1.807) is 13.3 Å². The van der Waals surface area contributed by atoms with Gasteiger partial charge in [-0.15, -0.1) is 0 Å². The van der Waals surface area contributed by atoms with Gasteiger partial charge in [-0.3, -0.25) is 4.79 Å². The van der Waals surface area contributed by atoms with E-state index in [4.69, 9.17) is 4.74 Å². The highest BCUT2D eigenvalue weighted by Gasteiger charge is 2.45. The lowest BCUT2D eigenvalue weighted by molar-refractivity contribution is 0.0880. The summed E-state index contributed by atoms with van der Waals surface area (Å²) in [5, 5.41) is 6.58. The monoisotopic (exact) mass is 353 g/mol. The first-order valence-electron chi connectivity index (χ1n) is 8.79. The Labute approximate surface area is 152 Å². The van der Waals surface area contributed by atoms with E-state index in [1.165, 1.54) is 6.33 Å². The van der Waals surface area contributed by atoms with Crippen molar-refractivity contribution >= 4 is 17.4 Å². The molecule has 1 saturated heterocycles. The molecule has 3 heterocycles.